The monoisotopic (exact) mass is 424 g/mol. The van der Waals surface area contributed by atoms with Crippen LogP contribution in [0.1, 0.15) is 71.2 Å². The minimum atomic E-state index is 0.584. The summed E-state index contributed by atoms with van der Waals surface area (Å²) in [5.41, 5.74) is 0. The summed E-state index contributed by atoms with van der Waals surface area (Å²) in [7, 11) is 0. The highest BCUT2D eigenvalue weighted by Gasteiger charge is 2.23. The topological polar surface area (TPSA) is 76.4 Å². The molecule has 1 heterocycles. The van der Waals surface area contributed by atoms with Gasteiger partial charge in [-0.15, -0.1) is 10.2 Å². The van der Waals surface area contributed by atoms with Crippen LogP contribution in [-0.2, 0) is 11.2 Å². The fraction of sp³-hybridized carbons (Fsp3) is 0.857. The van der Waals surface area contributed by atoms with Crippen LogP contribution in [0.25, 0.3) is 0 Å². The average Bonchev–Trinajstić information content (AvgIpc) is 3.36. The first-order valence-electron chi connectivity index (χ1n) is 11.2. The predicted molar refractivity (Wildman–Crippen MR) is 122 cm³/mol. The van der Waals surface area contributed by atoms with Crippen molar-refractivity contribution in [2.24, 2.45) is 10.9 Å². The Hall–Kier alpha value is -1.28. The van der Waals surface area contributed by atoms with Crippen molar-refractivity contribution in [1.82, 2.24) is 25.4 Å². The Morgan fingerprint density at radius 1 is 1.24 bits per heavy atom. The third-order valence-electron chi connectivity index (χ3n) is 5.16. The Labute approximate surface area is 180 Å². The van der Waals surface area contributed by atoms with Gasteiger partial charge in [0.15, 0.2) is 11.1 Å². The highest BCUT2D eigenvalue weighted by molar-refractivity contribution is 7.98. The van der Waals surface area contributed by atoms with E-state index in [1.54, 1.807) is 11.8 Å². The van der Waals surface area contributed by atoms with E-state index in [0.717, 1.165) is 62.4 Å². The number of ether oxygens (including phenoxy) is 1. The first-order chi connectivity index (χ1) is 14.2. The third-order valence-corrected chi connectivity index (χ3v) is 5.80. The molecule has 0 unspecified atom stereocenters. The minimum absolute atomic E-state index is 0.584. The lowest BCUT2D eigenvalue weighted by Crippen LogP contribution is -2.39. The Balaban J connectivity index is 1.75. The average molecular weight is 425 g/mol. The van der Waals surface area contributed by atoms with Gasteiger partial charge in [0.05, 0.1) is 6.61 Å². The number of hydrogen-bond acceptors (Lipinski definition) is 5. The molecule has 0 spiro atoms. The zero-order chi connectivity index (χ0) is 20.9. The van der Waals surface area contributed by atoms with Crippen molar-refractivity contribution in [3.8, 4) is 0 Å². The van der Waals surface area contributed by atoms with Crippen molar-refractivity contribution in [2.45, 2.75) is 76.9 Å². The van der Waals surface area contributed by atoms with Crippen LogP contribution >= 0.6 is 11.8 Å². The molecule has 1 saturated carbocycles. The molecule has 1 aliphatic carbocycles. The molecule has 0 bridgehead atoms. The van der Waals surface area contributed by atoms with Crippen LogP contribution in [0.4, 0.5) is 0 Å². The number of aromatic nitrogens is 3. The number of nitrogens with one attached hydrogen (secondary N) is 2. The van der Waals surface area contributed by atoms with E-state index in [2.05, 4.69) is 52.4 Å². The SMILES string of the molecule is CCNC(=NCCCc1nnc(SC)n1C1CCCC1)NCCOCCC(C)C. The number of aryl methyl sites for hydroxylation is 1. The molecule has 0 aliphatic heterocycles. The zero-order valence-corrected chi connectivity index (χ0v) is 19.6. The highest BCUT2D eigenvalue weighted by atomic mass is 32.2. The van der Waals surface area contributed by atoms with Crippen molar-refractivity contribution in [2.75, 3.05) is 39.1 Å². The summed E-state index contributed by atoms with van der Waals surface area (Å²) in [6.45, 7) is 10.5. The number of hydrogen-bond donors (Lipinski definition) is 2. The van der Waals surface area contributed by atoms with Gasteiger partial charge in [-0.3, -0.25) is 4.99 Å². The van der Waals surface area contributed by atoms with Gasteiger partial charge in [-0.05, 0) is 44.8 Å². The quantitative estimate of drug-likeness (QED) is 0.218. The van der Waals surface area contributed by atoms with Crippen LogP contribution in [-0.4, -0.2) is 59.8 Å². The van der Waals surface area contributed by atoms with E-state index in [0.29, 0.717) is 18.6 Å². The van der Waals surface area contributed by atoms with Crippen molar-refractivity contribution < 1.29 is 4.74 Å². The second-order valence-corrected chi connectivity index (χ2v) is 8.77. The molecule has 8 heteroatoms. The molecule has 2 rings (SSSR count). The normalized spacial score (nSPS) is 15.4. The summed E-state index contributed by atoms with van der Waals surface area (Å²) < 4.78 is 8.05. The van der Waals surface area contributed by atoms with E-state index in [1.807, 2.05) is 0 Å². The molecular formula is C21H40N6OS. The maximum Gasteiger partial charge on any atom is 0.191 e. The summed E-state index contributed by atoms with van der Waals surface area (Å²) >= 11 is 1.70. The molecule has 0 atom stereocenters. The first-order valence-corrected chi connectivity index (χ1v) is 12.5. The number of guanidine groups is 1. The van der Waals surface area contributed by atoms with Crippen LogP contribution in [0, 0.1) is 5.92 Å². The molecular weight excluding hydrogens is 384 g/mol. The van der Waals surface area contributed by atoms with Crippen molar-refractivity contribution in [3.05, 3.63) is 5.82 Å². The standard InChI is InChI=1S/C21H40N6OS/c1-5-22-20(24-14-16-28-15-12-17(2)3)23-13-8-11-19-25-26-21(29-4)27(19)18-9-6-7-10-18/h17-18H,5-16H2,1-4H3,(H2,22,23,24). The molecule has 7 nitrogen and oxygen atoms in total. The molecule has 166 valence electrons. The fourth-order valence-corrected chi connectivity index (χ4v) is 4.15. The molecule has 2 N–H and O–H groups in total. The van der Waals surface area contributed by atoms with E-state index in [1.165, 1.54) is 25.7 Å². The van der Waals surface area contributed by atoms with Gasteiger partial charge in [0, 0.05) is 38.7 Å². The van der Waals surface area contributed by atoms with Gasteiger partial charge in [0.25, 0.3) is 0 Å². The zero-order valence-electron chi connectivity index (χ0n) is 18.7. The van der Waals surface area contributed by atoms with E-state index >= 15 is 0 Å². The summed E-state index contributed by atoms with van der Waals surface area (Å²) in [6, 6.07) is 0.584. The van der Waals surface area contributed by atoms with Crippen LogP contribution in [0.15, 0.2) is 10.1 Å². The Morgan fingerprint density at radius 2 is 2.03 bits per heavy atom. The van der Waals surface area contributed by atoms with Gasteiger partial charge < -0.3 is 19.9 Å². The number of nitrogens with zero attached hydrogens (tertiary/aromatic N) is 4. The molecule has 1 fully saturated rings. The molecule has 0 aromatic carbocycles. The Bertz CT molecular complexity index is 598. The molecule has 1 aliphatic rings. The Morgan fingerprint density at radius 3 is 2.72 bits per heavy atom. The lowest BCUT2D eigenvalue weighted by molar-refractivity contribution is 0.128. The number of aliphatic imine (C=N–C) groups is 1. The molecule has 1 aromatic heterocycles. The van der Waals surface area contributed by atoms with Crippen LogP contribution < -0.4 is 10.6 Å². The van der Waals surface area contributed by atoms with Crippen LogP contribution in [0.3, 0.4) is 0 Å². The highest BCUT2D eigenvalue weighted by Crippen LogP contribution is 2.33. The van der Waals surface area contributed by atoms with Gasteiger partial charge in [-0.2, -0.15) is 0 Å². The molecule has 0 radical (unpaired) electrons. The predicted octanol–water partition coefficient (Wildman–Crippen LogP) is 3.67. The smallest absolute Gasteiger partial charge is 0.191 e. The van der Waals surface area contributed by atoms with Crippen molar-refractivity contribution in [1.29, 1.82) is 0 Å². The largest absolute Gasteiger partial charge is 0.380 e. The third kappa shape index (κ3) is 8.54. The molecule has 0 saturated heterocycles. The van der Waals surface area contributed by atoms with Gasteiger partial charge in [0.1, 0.15) is 5.82 Å². The Kier molecular flexibility index (Phi) is 11.5. The second kappa shape index (κ2) is 13.9. The van der Waals surface area contributed by atoms with E-state index < -0.39 is 0 Å². The minimum Gasteiger partial charge on any atom is -0.380 e. The van der Waals surface area contributed by atoms with Crippen LogP contribution in [0.5, 0.6) is 0 Å². The van der Waals surface area contributed by atoms with Gasteiger partial charge in [-0.1, -0.05) is 38.5 Å². The first kappa shape index (κ1) is 24.0. The van der Waals surface area contributed by atoms with Gasteiger partial charge >= 0.3 is 0 Å². The summed E-state index contributed by atoms with van der Waals surface area (Å²) in [5, 5.41) is 16.6. The molecule has 0 amide bonds. The summed E-state index contributed by atoms with van der Waals surface area (Å²) in [4.78, 5) is 4.70. The number of rotatable bonds is 13. The number of thioether (sulfide) groups is 1. The van der Waals surface area contributed by atoms with E-state index in [-0.39, 0.29) is 0 Å². The van der Waals surface area contributed by atoms with Gasteiger partial charge in [0.2, 0.25) is 0 Å². The summed E-state index contributed by atoms with van der Waals surface area (Å²) in [6.07, 6.45) is 10.2. The van der Waals surface area contributed by atoms with Crippen molar-refractivity contribution >= 4 is 17.7 Å². The lowest BCUT2D eigenvalue weighted by Gasteiger charge is -2.16. The maximum atomic E-state index is 5.67. The molecule has 1 aromatic rings. The van der Waals surface area contributed by atoms with E-state index in [4.69, 9.17) is 9.73 Å². The molecule has 29 heavy (non-hydrogen) atoms. The van der Waals surface area contributed by atoms with Gasteiger partial charge in [-0.25, -0.2) is 0 Å². The van der Waals surface area contributed by atoms with Crippen LogP contribution in [0.2, 0.25) is 0 Å². The summed E-state index contributed by atoms with van der Waals surface area (Å²) in [5.74, 6) is 2.67. The lowest BCUT2D eigenvalue weighted by atomic mass is 10.1. The fourth-order valence-electron chi connectivity index (χ4n) is 3.58. The van der Waals surface area contributed by atoms with Crippen molar-refractivity contribution in [3.63, 3.8) is 0 Å². The second-order valence-electron chi connectivity index (χ2n) is 8.00. The van der Waals surface area contributed by atoms with E-state index in [9.17, 15) is 0 Å². The maximum absolute atomic E-state index is 5.67.